The highest BCUT2D eigenvalue weighted by Crippen LogP contribution is 2.41. The van der Waals surface area contributed by atoms with Crippen molar-refractivity contribution in [3.05, 3.63) is 29.6 Å². The van der Waals surface area contributed by atoms with Gasteiger partial charge in [0.05, 0.1) is 7.11 Å². The molecule has 0 atom stereocenters. The molecule has 1 aromatic carbocycles. The van der Waals surface area contributed by atoms with Gasteiger partial charge in [-0.3, -0.25) is 0 Å². The second-order valence-corrected chi connectivity index (χ2v) is 5.71. The topological polar surface area (TPSA) is 9.23 Å². The van der Waals surface area contributed by atoms with Crippen LogP contribution in [-0.2, 0) is 5.41 Å². The molecule has 0 aromatic heterocycles. The van der Waals surface area contributed by atoms with Crippen LogP contribution < -0.4 is 4.74 Å². The number of halogens is 1. The highest BCUT2D eigenvalue weighted by atomic mass is 19.1. The maximum atomic E-state index is 13.4. The maximum Gasteiger partial charge on any atom is 0.123 e. The van der Waals surface area contributed by atoms with E-state index >= 15 is 0 Å². The molecule has 1 aliphatic carbocycles. The predicted octanol–water partition coefficient (Wildman–Crippen LogP) is 4.30. The van der Waals surface area contributed by atoms with Gasteiger partial charge >= 0.3 is 0 Å². The fourth-order valence-corrected chi connectivity index (χ4v) is 2.32. The minimum absolute atomic E-state index is 0.0178. The molecule has 1 fully saturated rings. The smallest absolute Gasteiger partial charge is 0.123 e. The van der Waals surface area contributed by atoms with Gasteiger partial charge in [0.1, 0.15) is 11.6 Å². The number of rotatable bonds is 5. The first-order valence-corrected chi connectivity index (χ1v) is 6.37. The zero-order valence-electron chi connectivity index (χ0n) is 10.9. The molecule has 2 heteroatoms. The Morgan fingerprint density at radius 2 is 2.06 bits per heavy atom. The zero-order valence-corrected chi connectivity index (χ0v) is 10.9. The van der Waals surface area contributed by atoms with E-state index in [2.05, 4.69) is 13.8 Å². The Labute approximate surface area is 103 Å². The summed E-state index contributed by atoms with van der Waals surface area (Å²) in [6.07, 6.45) is 5.08. The van der Waals surface area contributed by atoms with Crippen LogP contribution in [0.25, 0.3) is 0 Å². The van der Waals surface area contributed by atoms with E-state index < -0.39 is 0 Å². The van der Waals surface area contributed by atoms with E-state index in [0.29, 0.717) is 0 Å². The third-order valence-corrected chi connectivity index (χ3v) is 3.77. The van der Waals surface area contributed by atoms with Crippen molar-refractivity contribution in [2.24, 2.45) is 5.92 Å². The van der Waals surface area contributed by atoms with E-state index in [1.54, 1.807) is 19.2 Å². The molecule has 0 heterocycles. The summed E-state index contributed by atoms with van der Waals surface area (Å²) < 4.78 is 18.7. The van der Waals surface area contributed by atoms with Crippen molar-refractivity contribution < 1.29 is 9.13 Å². The molecule has 17 heavy (non-hydrogen) atoms. The number of hydrogen-bond acceptors (Lipinski definition) is 1. The number of benzene rings is 1. The van der Waals surface area contributed by atoms with Crippen molar-refractivity contribution in [3.63, 3.8) is 0 Å². The molecule has 94 valence electrons. The van der Waals surface area contributed by atoms with Gasteiger partial charge in [-0.1, -0.05) is 26.7 Å². The third kappa shape index (κ3) is 2.99. The van der Waals surface area contributed by atoms with Gasteiger partial charge in [-0.2, -0.15) is 0 Å². The zero-order chi connectivity index (χ0) is 12.5. The van der Waals surface area contributed by atoms with Crippen LogP contribution in [0.3, 0.4) is 0 Å². The van der Waals surface area contributed by atoms with Crippen LogP contribution >= 0.6 is 0 Å². The van der Waals surface area contributed by atoms with E-state index in [0.717, 1.165) is 23.7 Å². The van der Waals surface area contributed by atoms with Crippen LogP contribution in [-0.4, -0.2) is 7.11 Å². The van der Waals surface area contributed by atoms with Gasteiger partial charge in [-0.25, -0.2) is 4.39 Å². The summed E-state index contributed by atoms with van der Waals surface area (Å²) >= 11 is 0. The quantitative estimate of drug-likeness (QED) is 0.740. The molecule has 0 spiro atoms. The lowest BCUT2D eigenvalue weighted by molar-refractivity contribution is 0.376. The molecule has 1 aromatic rings. The molecular formula is C15H21FO. The van der Waals surface area contributed by atoms with Gasteiger partial charge in [-0.15, -0.1) is 0 Å². The molecule has 0 amide bonds. The summed E-state index contributed by atoms with van der Waals surface area (Å²) in [4.78, 5) is 0. The summed E-state index contributed by atoms with van der Waals surface area (Å²) in [6, 6.07) is 4.80. The molecule has 2 rings (SSSR count). The van der Waals surface area contributed by atoms with E-state index in [1.165, 1.54) is 25.3 Å². The van der Waals surface area contributed by atoms with Crippen LogP contribution in [0.15, 0.2) is 18.2 Å². The summed E-state index contributed by atoms with van der Waals surface area (Å²) in [5.41, 5.74) is 0.969. The highest BCUT2D eigenvalue weighted by Gasteiger charge is 2.29. The van der Waals surface area contributed by atoms with Crippen LogP contribution in [0.4, 0.5) is 4.39 Å². The Morgan fingerprint density at radius 1 is 1.35 bits per heavy atom. The molecule has 0 radical (unpaired) electrons. The minimum atomic E-state index is -0.180. The lowest BCUT2D eigenvalue weighted by atomic mass is 9.79. The van der Waals surface area contributed by atoms with Gasteiger partial charge in [0.2, 0.25) is 0 Å². The first-order chi connectivity index (χ1) is 8.03. The van der Waals surface area contributed by atoms with Crippen molar-refractivity contribution in [3.8, 4) is 5.75 Å². The first kappa shape index (κ1) is 12.4. The SMILES string of the molecule is COc1ccc(F)cc1C(C)(C)CCC1CC1. The van der Waals surface area contributed by atoms with E-state index in [4.69, 9.17) is 4.74 Å². The summed E-state index contributed by atoms with van der Waals surface area (Å²) in [7, 11) is 1.65. The highest BCUT2D eigenvalue weighted by molar-refractivity contribution is 5.39. The average molecular weight is 236 g/mol. The van der Waals surface area contributed by atoms with Crippen LogP contribution in [0, 0.1) is 11.7 Å². The molecule has 0 saturated heterocycles. The van der Waals surface area contributed by atoms with Crippen molar-refractivity contribution in [2.75, 3.05) is 7.11 Å². The maximum absolute atomic E-state index is 13.4. The summed E-state index contributed by atoms with van der Waals surface area (Å²) in [5.74, 6) is 1.53. The lowest BCUT2D eigenvalue weighted by Crippen LogP contribution is -2.18. The molecule has 0 bridgehead atoms. The van der Waals surface area contributed by atoms with Gasteiger partial charge in [-0.05, 0) is 42.4 Å². The largest absolute Gasteiger partial charge is 0.496 e. The molecule has 1 aliphatic rings. The Morgan fingerprint density at radius 3 is 2.65 bits per heavy atom. The van der Waals surface area contributed by atoms with Gasteiger partial charge in [0.25, 0.3) is 0 Å². The number of methoxy groups -OCH3 is 1. The van der Waals surface area contributed by atoms with E-state index in [1.807, 2.05) is 0 Å². The molecule has 0 unspecified atom stereocenters. The first-order valence-electron chi connectivity index (χ1n) is 6.37. The Balaban J connectivity index is 2.19. The normalized spacial score (nSPS) is 16.0. The fourth-order valence-electron chi connectivity index (χ4n) is 2.32. The average Bonchev–Trinajstić information content (AvgIpc) is 3.10. The summed E-state index contributed by atoms with van der Waals surface area (Å²) in [6.45, 7) is 4.35. The molecule has 0 aliphatic heterocycles. The predicted molar refractivity (Wildman–Crippen MR) is 67.9 cm³/mol. The van der Waals surface area contributed by atoms with Crippen molar-refractivity contribution in [1.29, 1.82) is 0 Å². The Kier molecular flexibility index (Phi) is 3.41. The monoisotopic (exact) mass is 236 g/mol. The second-order valence-electron chi connectivity index (χ2n) is 5.71. The molecular weight excluding hydrogens is 215 g/mol. The van der Waals surface area contributed by atoms with Crippen molar-refractivity contribution in [2.45, 2.75) is 44.9 Å². The van der Waals surface area contributed by atoms with Crippen LogP contribution in [0.2, 0.25) is 0 Å². The van der Waals surface area contributed by atoms with Crippen LogP contribution in [0.5, 0.6) is 5.75 Å². The Bertz CT molecular complexity index is 394. The minimum Gasteiger partial charge on any atom is -0.496 e. The molecule has 0 N–H and O–H groups in total. The molecule has 1 nitrogen and oxygen atoms in total. The fraction of sp³-hybridized carbons (Fsp3) is 0.600. The van der Waals surface area contributed by atoms with E-state index in [9.17, 15) is 4.39 Å². The number of ether oxygens (including phenoxy) is 1. The lowest BCUT2D eigenvalue weighted by Gasteiger charge is -2.27. The Hall–Kier alpha value is -1.05. The summed E-state index contributed by atoms with van der Waals surface area (Å²) in [5, 5.41) is 0. The second kappa shape index (κ2) is 4.67. The van der Waals surface area contributed by atoms with Gasteiger partial charge in [0.15, 0.2) is 0 Å². The van der Waals surface area contributed by atoms with Gasteiger partial charge in [0, 0.05) is 5.56 Å². The van der Waals surface area contributed by atoms with Crippen molar-refractivity contribution >= 4 is 0 Å². The van der Waals surface area contributed by atoms with E-state index in [-0.39, 0.29) is 11.2 Å². The van der Waals surface area contributed by atoms with Crippen molar-refractivity contribution in [1.82, 2.24) is 0 Å². The van der Waals surface area contributed by atoms with Crippen LogP contribution in [0.1, 0.15) is 45.1 Å². The number of hydrogen-bond donors (Lipinski definition) is 0. The third-order valence-electron chi connectivity index (χ3n) is 3.77. The molecule has 1 saturated carbocycles. The van der Waals surface area contributed by atoms with Gasteiger partial charge < -0.3 is 4.74 Å². The standard InChI is InChI=1S/C15H21FO/c1-15(2,9-8-11-4-5-11)13-10-12(16)6-7-14(13)17-3/h6-7,10-11H,4-5,8-9H2,1-3H3.